The van der Waals surface area contributed by atoms with Crippen LogP contribution in [0, 0.1) is 10.1 Å². The van der Waals surface area contributed by atoms with Crippen LogP contribution in [0.1, 0.15) is 29.0 Å². The highest BCUT2D eigenvalue weighted by molar-refractivity contribution is 5.96. The van der Waals surface area contributed by atoms with E-state index in [1.54, 1.807) is 42.5 Å². The van der Waals surface area contributed by atoms with Crippen molar-refractivity contribution in [1.29, 1.82) is 0 Å². The number of hydrogen-bond donors (Lipinski definition) is 1. The van der Waals surface area contributed by atoms with Gasteiger partial charge in [0.05, 0.1) is 17.7 Å². The van der Waals surface area contributed by atoms with Crippen molar-refractivity contribution >= 4 is 17.3 Å². The van der Waals surface area contributed by atoms with Gasteiger partial charge in [-0.15, -0.1) is 0 Å². The van der Waals surface area contributed by atoms with Gasteiger partial charge in [0.1, 0.15) is 11.4 Å². The minimum absolute atomic E-state index is 0.0949. The molecule has 7 heteroatoms. The van der Waals surface area contributed by atoms with E-state index in [9.17, 15) is 14.9 Å². The van der Waals surface area contributed by atoms with Crippen LogP contribution >= 0.6 is 0 Å². The number of furan rings is 1. The zero-order chi connectivity index (χ0) is 16.4. The molecule has 0 saturated heterocycles. The summed E-state index contributed by atoms with van der Waals surface area (Å²) in [6, 6.07) is 8.32. The van der Waals surface area contributed by atoms with E-state index in [1.807, 2.05) is 0 Å². The molecule has 1 aromatic heterocycles. The van der Waals surface area contributed by atoms with Crippen molar-refractivity contribution in [1.82, 2.24) is 5.32 Å². The van der Waals surface area contributed by atoms with Gasteiger partial charge in [0.2, 0.25) is 0 Å². The number of anilines is 1. The van der Waals surface area contributed by atoms with Gasteiger partial charge < -0.3 is 14.6 Å². The Labute approximate surface area is 133 Å². The molecule has 0 spiro atoms. The highest BCUT2D eigenvalue weighted by atomic mass is 16.6. The molecule has 0 radical (unpaired) electrons. The minimum atomic E-state index is -0.470. The summed E-state index contributed by atoms with van der Waals surface area (Å²) in [6.45, 7) is 0.404. The number of carbonyl (C=O) groups excluding carboxylic acids is 1. The van der Waals surface area contributed by atoms with Crippen molar-refractivity contribution in [2.45, 2.75) is 25.4 Å². The summed E-state index contributed by atoms with van der Waals surface area (Å²) in [5.41, 5.74) is 0.649. The van der Waals surface area contributed by atoms with Gasteiger partial charge in [-0.25, -0.2) is 0 Å². The van der Waals surface area contributed by atoms with Crippen LogP contribution in [-0.4, -0.2) is 23.9 Å². The number of nitrogens with zero attached hydrogens (tertiary/aromatic N) is 2. The van der Waals surface area contributed by atoms with Crippen LogP contribution in [-0.2, 0) is 6.54 Å². The quantitative estimate of drug-likeness (QED) is 0.654. The molecule has 7 nitrogen and oxygen atoms in total. The molecule has 1 heterocycles. The molecule has 0 unspecified atom stereocenters. The number of rotatable bonds is 6. The molecular formula is C16H17N3O4. The Kier molecular flexibility index (Phi) is 4.01. The number of benzene rings is 1. The van der Waals surface area contributed by atoms with Gasteiger partial charge in [-0.05, 0) is 37.1 Å². The van der Waals surface area contributed by atoms with Crippen LogP contribution in [0.5, 0.6) is 0 Å². The third-order valence-corrected chi connectivity index (χ3v) is 3.73. The van der Waals surface area contributed by atoms with Gasteiger partial charge in [-0.3, -0.25) is 14.9 Å². The second-order valence-electron chi connectivity index (χ2n) is 5.64. The molecule has 3 rings (SSSR count). The molecule has 1 aromatic carbocycles. The van der Waals surface area contributed by atoms with E-state index in [1.165, 1.54) is 6.07 Å². The summed E-state index contributed by atoms with van der Waals surface area (Å²) >= 11 is 0. The van der Waals surface area contributed by atoms with Crippen molar-refractivity contribution in [2.24, 2.45) is 0 Å². The average Bonchev–Trinajstić information content (AvgIpc) is 3.19. The number of carbonyl (C=O) groups is 1. The topological polar surface area (TPSA) is 88.6 Å². The van der Waals surface area contributed by atoms with Gasteiger partial charge in [0.25, 0.3) is 11.6 Å². The third-order valence-electron chi connectivity index (χ3n) is 3.73. The second-order valence-corrected chi connectivity index (χ2v) is 5.64. The zero-order valence-corrected chi connectivity index (χ0v) is 12.7. The Hall–Kier alpha value is -2.83. The molecule has 1 amide bonds. The van der Waals surface area contributed by atoms with Crippen LogP contribution in [0.3, 0.4) is 0 Å². The highest BCUT2D eigenvalue weighted by Gasteiger charge is 2.26. The molecule has 2 aromatic rings. The Bertz CT molecular complexity index is 723. The van der Waals surface area contributed by atoms with E-state index in [4.69, 9.17) is 4.42 Å². The summed E-state index contributed by atoms with van der Waals surface area (Å²) in [5, 5.41) is 14.2. The summed E-state index contributed by atoms with van der Waals surface area (Å²) in [7, 11) is 1.74. The lowest BCUT2D eigenvalue weighted by Gasteiger charge is -2.18. The largest absolute Gasteiger partial charge is 0.467 e. The maximum Gasteiger partial charge on any atom is 0.293 e. The number of nitro benzene ring substituents is 1. The first kappa shape index (κ1) is 15.1. The average molecular weight is 315 g/mol. The standard InChI is InChI=1S/C16H17N3O4/c1-18(10-13-3-2-8-23-13)14-7-4-11(9-15(14)19(21)22)16(20)17-12-5-6-12/h2-4,7-9,12H,5-6,10H2,1H3,(H,17,20). The van der Waals surface area contributed by atoms with Crippen molar-refractivity contribution < 1.29 is 14.1 Å². The molecule has 23 heavy (non-hydrogen) atoms. The molecule has 0 atom stereocenters. The molecule has 1 aliphatic rings. The minimum Gasteiger partial charge on any atom is -0.467 e. The van der Waals surface area contributed by atoms with Crippen molar-refractivity contribution in [3.63, 3.8) is 0 Å². The molecule has 0 bridgehead atoms. The molecule has 1 fully saturated rings. The molecule has 120 valence electrons. The fourth-order valence-electron chi connectivity index (χ4n) is 2.35. The highest BCUT2D eigenvalue weighted by Crippen LogP contribution is 2.30. The van der Waals surface area contributed by atoms with Crippen molar-refractivity contribution in [3.8, 4) is 0 Å². The first-order valence-electron chi connectivity index (χ1n) is 7.37. The Morgan fingerprint density at radius 3 is 2.83 bits per heavy atom. The van der Waals surface area contributed by atoms with Crippen LogP contribution in [0.2, 0.25) is 0 Å². The van der Waals surface area contributed by atoms with Crippen LogP contribution < -0.4 is 10.2 Å². The fraction of sp³-hybridized carbons (Fsp3) is 0.312. The van der Waals surface area contributed by atoms with Gasteiger partial charge in [-0.1, -0.05) is 0 Å². The van der Waals surface area contributed by atoms with Gasteiger partial charge in [0, 0.05) is 24.7 Å². The Morgan fingerprint density at radius 2 is 2.22 bits per heavy atom. The number of nitro groups is 1. The van der Waals surface area contributed by atoms with Crippen LogP contribution in [0.15, 0.2) is 41.0 Å². The lowest BCUT2D eigenvalue weighted by Crippen LogP contribution is -2.25. The van der Waals surface area contributed by atoms with E-state index in [-0.39, 0.29) is 17.6 Å². The third kappa shape index (κ3) is 3.50. The summed E-state index contributed by atoms with van der Waals surface area (Å²) < 4.78 is 5.26. The molecular weight excluding hydrogens is 298 g/mol. The zero-order valence-electron chi connectivity index (χ0n) is 12.7. The smallest absolute Gasteiger partial charge is 0.293 e. The lowest BCUT2D eigenvalue weighted by molar-refractivity contribution is -0.384. The molecule has 0 aliphatic heterocycles. The first-order valence-corrected chi connectivity index (χ1v) is 7.37. The summed E-state index contributed by atoms with van der Waals surface area (Å²) in [5.74, 6) is 0.438. The monoisotopic (exact) mass is 315 g/mol. The second kappa shape index (κ2) is 6.12. The van der Waals surface area contributed by atoms with E-state index < -0.39 is 4.92 Å². The van der Waals surface area contributed by atoms with Crippen LogP contribution in [0.25, 0.3) is 0 Å². The van der Waals surface area contributed by atoms with Crippen LogP contribution in [0.4, 0.5) is 11.4 Å². The Morgan fingerprint density at radius 1 is 1.43 bits per heavy atom. The molecule has 1 aliphatic carbocycles. The summed E-state index contributed by atoms with van der Waals surface area (Å²) in [4.78, 5) is 24.7. The van der Waals surface area contributed by atoms with E-state index in [0.717, 1.165) is 12.8 Å². The number of nitrogens with one attached hydrogen (secondary N) is 1. The number of amides is 1. The van der Waals surface area contributed by atoms with E-state index in [0.29, 0.717) is 23.6 Å². The molecule has 1 N–H and O–H groups in total. The first-order chi connectivity index (χ1) is 11.0. The predicted molar refractivity (Wildman–Crippen MR) is 84.4 cm³/mol. The van der Waals surface area contributed by atoms with E-state index >= 15 is 0 Å². The SMILES string of the molecule is CN(Cc1ccco1)c1ccc(C(=O)NC2CC2)cc1[N+](=O)[O-]. The lowest BCUT2D eigenvalue weighted by atomic mass is 10.1. The number of hydrogen-bond acceptors (Lipinski definition) is 5. The van der Waals surface area contributed by atoms with Gasteiger partial charge in [0.15, 0.2) is 0 Å². The Balaban J connectivity index is 1.84. The van der Waals surface area contributed by atoms with E-state index in [2.05, 4.69) is 5.32 Å². The van der Waals surface area contributed by atoms with Gasteiger partial charge >= 0.3 is 0 Å². The van der Waals surface area contributed by atoms with Gasteiger partial charge in [-0.2, -0.15) is 0 Å². The molecule has 1 saturated carbocycles. The van der Waals surface area contributed by atoms with Crippen molar-refractivity contribution in [2.75, 3.05) is 11.9 Å². The fourth-order valence-corrected chi connectivity index (χ4v) is 2.35. The maximum atomic E-state index is 12.0. The summed E-state index contributed by atoms with van der Waals surface area (Å²) in [6.07, 6.45) is 3.50. The normalized spacial score (nSPS) is 13.6. The maximum absolute atomic E-state index is 12.0. The predicted octanol–water partition coefficient (Wildman–Crippen LogP) is 2.72. The van der Waals surface area contributed by atoms with Crippen molar-refractivity contribution in [3.05, 3.63) is 58.0 Å².